The van der Waals surface area contributed by atoms with E-state index in [-0.39, 0.29) is 6.04 Å². The van der Waals surface area contributed by atoms with E-state index < -0.39 is 0 Å². The van der Waals surface area contributed by atoms with E-state index >= 15 is 0 Å². The highest BCUT2D eigenvalue weighted by molar-refractivity contribution is 9.10. The highest BCUT2D eigenvalue weighted by atomic mass is 79.9. The zero-order chi connectivity index (χ0) is 15.5. The average Bonchev–Trinajstić information content (AvgIpc) is 3.14. The molecule has 8 heteroatoms. The third-order valence-electron chi connectivity index (χ3n) is 3.35. The third-order valence-corrected chi connectivity index (χ3v) is 3.88. The Balaban J connectivity index is 1.66. The van der Waals surface area contributed by atoms with Crippen LogP contribution in [-0.4, -0.2) is 30.0 Å². The topological polar surface area (TPSA) is 87.4 Å². The molecule has 1 atom stereocenters. The second-order valence-corrected chi connectivity index (χ2v) is 5.98. The second-order valence-electron chi connectivity index (χ2n) is 5.07. The standard InChI is InChI=1S/C14H16BrN7/c1-21-8-12(17-19-21)6-7-22-9-13(18-20-22)14(16)10-2-4-11(15)5-3-10/h2-5,8-9,14H,6-7,16H2,1H3. The Labute approximate surface area is 136 Å². The molecule has 0 fully saturated rings. The summed E-state index contributed by atoms with van der Waals surface area (Å²) in [5.41, 5.74) is 8.92. The molecule has 2 N–H and O–H groups in total. The summed E-state index contributed by atoms with van der Waals surface area (Å²) in [7, 11) is 1.85. The molecule has 0 aliphatic carbocycles. The first-order valence-electron chi connectivity index (χ1n) is 6.88. The molecule has 0 spiro atoms. The quantitative estimate of drug-likeness (QED) is 0.743. The summed E-state index contributed by atoms with van der Waals surface area (Å²) in [4.78, 5) is 0. The first-order chi connectivity index (χ1) is 10.6. The van der Waals surface area contributed by atoms with Crippen molar-refractivity contribution >= 4 is 15.9 Å². The predicted octanol–water partition coefficient (Wildman–Crippen LogP) is 1.46. The Morgan fingerprint density at radius 1 is 1.14 bits per heavy atom. The molecule has 0 aliphatic rings. The fourth-order valence-electron chi connectivity index (χ4n) is 2.14. The lowest BCUT2D eigenvalue weighted by Crippen LogP contribution is -2.12. The molecule has 3 aromatic rings. The van der Waals surface area contributed by atoms with Gasteiger partial charge < -0.3 is 5.73 Å². The Bertz CT molecular complexity index is 747. The fourth-order valence-corrected chi connectivity index (χ4v) is 2.41. The molecule has 0 saturated heterocycles. The third kappa shape index (κ3) is 3.40. The number of rotatable bonds is 5. The summed E-state index contributed by atoms with van der Waals surface area (Å²) in [6.07, 6.45) is 4.53. The zero-order valence-electron chi connectivity index (χ0n) is 12.1. The van der Waals surface area contributed by atoms with Crippen molar-refractivity contribution in [1.82, 2.24) is 30.0 Å². The number of nitrogens with zero attached hydrogens (tertiary/aromatic N) is 6. The predicted molar refractivity (Wildman–Crippen MR) is 84.9 cm³/mol. The lowest BCUT2D eigenvalue weighted by molar-refractivity contribution is 0.583. The Morgan fingerprint density at radius 2 is 1.91 bits per heavy atom. The molecule has 7 nitrogen and oxygen atoms in total. The zero-order valence-corrected chi connectivity index (χ0v) is 13.7. The fraction of sp³-hybridized carbons (Fsp3) is 0.286. The van der Waals surface area contributed by atoms with Gasteiger partial charge in [-0.25, -0.2) is 0 Å². The summed E-state index contributed by atoms with van der Waals surface area (Å²) in [5.74, 6) is 0. The highest BCUT2D eigenvalue weighted by Gasteiger charge is 2.13. The number of hydrogen-bond donors (Lipinski definition) is 1. The SMILES string of the molecule is Cn1cc(CCn2cc(C(N)c3ccc(Br)cc3)nn2)nn1. The normalized spacial score (nSPS) is 12.5. The molecule has 0 aliphatic heterocycles. The average molecular weight is 362 g/mol. The first kappa shape index (κ1) is 14.9. The smallest absolute Gasteiger partial charge is 0.104 e. The van der Waals surface area contributed by atoms with Crippen LogP contribution in [0.25, 0.3) is 0 Å². The van der Waals surface area contributed by atoms with Crippen LogP contribution in [0.2, 0.25) is 0 Å². The molecule has 2 aromatic heterocycles. The number of halogens is 1. The summed E-state index contributed by atoms with van der Waals surface area (Å²) in [6, 6.07) is 7.61. The first-order valence-corrected chi connectivity index (χ1v) is 7.67. The monoisotopic (exact) mass is 361 g/mol. The van der Waals surface area contributed by atoms with Gasteiger partial charge in [0.2, 0.25) is 0 Å². The molecular formula is C14H16BrN7. The Morgan fingerprint density at radius 3 is 2.59 bits per heavy atom. The van der Waals surface area contributed by atoms with E-state index in [4.69, 9.17) is 5.73 Å². The molecule has 0 saturated carbocycles. The minimum atomic E-state index is -0.279. The number of aromatic nitrogens is 6. The van der Waals surface area contributed by atoms with E-state index in [9.17, 15) is 0 Å². The van der Waals surface area contributed by atoms with E-state index in [1.54, 1.807) is 9.36 Å². The number of hydrogen-bond acceptors (Lipinski definition) is 5. The maximum absolute atomic E-state index is 6.23. The van der Waals surface area contributed by atoms with Gasteiger partial charge in [-0.3, -0.25) is 9.36 Å². The molecule has 0 amide bonds. The van der Waals surface area contributed by atoms with Crippen LogP contribution in [-0.2, 0) is 20.0 Å². The van der Waals surface area contributed by atoms with Gasteiger partial charge in [-0.15, -0.1) is 10.2 Å². The van der Waals surface area contributed by atoms with E-state index in [0.717, 1.165) is 27.8 Å². The molecule has 3 rings (SSSR count). The van der Waals surface area contributed by atoms with Gasteiger partial charge in [-0.1, -0.05) is 38.5 Å². The minimum absolute atomic E-state index is 0.279. The van der Waals surface area contributed by atoms with Gasteiger partial charge in [-0.2, -0.15) is 0 Å². The summed E-state index contributed by atoms with van der Waals surface area (Å²) >= 11 is 3.41. The van der Waals surface area contributed by atoms with Crippen molar-refractivity contribution in [3.05, 3.63) is 58.1 Å². The van der Waals surface area contributed by atoms with Crippen molar-refractivity contribution < 1.29 is 0 Å². The van der Waals surface area contributed by atoms with Crippen molar-refractivity contribution in [2.45, 2.75) is 19.0 Å². The van der Waals surface area contributed by atoms with E-state index in [0.29, 0.717) is 6.54 Å². The lowest BCUT2D eigenvalue weighted by Gasteiger charge is -2.08. The van der Waals surface area contributed by atoms with E-state index in [1.165, 1.54) is 0 Å². The highest BCUT2D eigenvalue weighted by Crippen LogP contribution is 2.19. The van der Waals surface area contributed by atoms with E-state index in [1.807, 2.05) is 43.7 Å². The van der Waals surface area contributed by atoms with Crippen LogP contribution < -0.4 is 5.73 Å². The van der Waals surface area contributed by atoms with Gasteiger partial charge in [0.15, 0.2) is 0 Å². The van der Waals surface area contributed by atoms with Crippen LogP contribution in [0.5, 0.6) is 0 Å². The van der Waals surface area contributed by atoms with Crippen molar-refractivity contribution in [3.8, 4) is 0 Å². The van der Waals surface area contributed by atoms with Gasteiger partial charge in [0, 0.05) is 30.7 Å². The van der Waals surface area contributed by atoms with Crippen molar-refractivity contribution in [2.75, 3.05) is 0 Å². The number of aryl methyl sites for hydroxylation is 3. The Hall–Kier alpha value is -2.06. The summed E-state index contributed by atoms with van der Waals surface area (Å²) in [6.45, 7) is 0.693. The summed E-state index contributed by atoms with van der Waals surface area (Å²) < 4.78 is 4.49. The Kier molecular flexibility index (Phi) is 4.30. The molecule has 114 valence electrons. The molecule has 1 unspecified atom stereocenters. The number of benzene rings is 1. The number of nitrogens with two attached hydrogens (primary N) is 1. The molecule has 2 heterocycles. The van der Waals surface area contributed by atoms with Crippen molar-refractivity contribution in [3.63, 3.8) is 0 Å². The van der Waals surface area contributed by atoms with Gasteiger partial charge in [0.25, 0.3) is 0 Å². The maximum atomic E-state index is 6.23. The van der Waals surface area contributed by atoms with Gasteiger partial charge in [0.1, 0.15) is 5.69 Å². The second kappa shape index (κ2) is 6.37. The molecule has 1 aromatic carbocycles. The van der Waals surface area contributed by atoms with E-state index in [2.05, 4.69) is 36.6 Å². The van der Waals surface area contributed by atoms with Crippen molar-refractivity contribution in [1.29, 1.82) is 0 Å². The van der Waals surface area contributed by atoms with Crippen LogP contribution in [0.15, 0.2) is 41.1 Å². The van der Waals surface area contributed by atoms with Crippen LogP contribution >= 0.6 is 15.9 Å². The minimum Gasteiger partial charge on any atom is -0.319 e. The lowest BCUT2D eigenvalue weighted by atomic mass is 10.1. The maximum Gasteiger partial charge on any atom is 0.104 e. The molecule has 22 heavy (non-hydrogen) atoms. The molecule has 0 radical (unpaired) electrons. The van der Waals surface area contributed by atoms with Crippen molar-refractivity contribution in [2.24, 2.45) is 12.8 Å². The largest absolute Gasteiger partial charge is 0.319 e. The van der Waals surface area contributed by atoms with Gasteiger partial charge >= 0.3 is 0 Å². The van der Waals surface area contributed by atoms with Crippen LogP contribution in [0.1, 0.15) is 23.0 Å². The van der Waals surface area contributed by atoms with Crippen LogP contribution in [0.4, 0.5) is 0 Å². The molecular weight excluding hydrogens is 346 g/mol. The van der Waals surface area contributed by atoms with Gasteiger partial charge in [0.05, 0.1) is 17.9 Å². The van der Waals surface area contributed by atoms with Crippen LogP contribution in [0.3, 0.4) is 0 Å². The van der Waals surface area contributed by atoms with Gasteiger partial charge in [-0.05, 0) is 17.7 Å². The summed E-state index contributed by atoms with van der Waals surface area (Å²) in [5, 5.41) is 16.2. The molecule has 0 bridgehead atoms. The van der Waals surface area contributed by atoms with Crippen LogP contribution in [0, 0.1) is 0 Å².